The topological polar surface area (TPSA) is 0 Å². The number of halogens is 2. The van der Waals surface area contributed by atoms with E-state index in [2.05, 4.69) is 36.4 Å². The summed E-state index contributed by atoms with van der Waals surface area (Å²) < 4.78 is 1.28. The van der Waals surface area contributed by atoms with Gasteiger partial charge in [-0.3, -0.25) is 4.70 Å². The molecule has 0 aromatic heterocycles. The lowest BCUT2D eigenvalue weighted by molar-refractivity contribution is 0.763. The first kappa shape index (κ1) is 9.83. The largest absolute Gasteiger partial charge is 0.269 e. The van der Waals surface area contributed by atoms with Crippen LogP contribution < -0.4 is 0 Å². The van der Waals surface area contributed by atoms with Crippen molar-refractivity contribution in [2.45, 2.75) is 13.8 Å². The van der Waals surface area contributed by atoms with Crippen molar-refractivity contribution in [3.05, 3.63) is 0 Å². The highest BCUT2D eigenvalue weighted by Crippen LogP contribution is 1.95. The predicted octanol–water partition coefficient (Wildman–Crippen LogP) is 2.23. The summed E-state index contributed by atoms with van der Waals surface area (Å²) in [6.07, 6.45) is 0. The van der Waals surface area contributed by atoms with Crippen molar-refractivity contribution in [1.82, 2.24) is 0 Å². The van der Waals surface area contributed by atoms with Gasteiger partial charge in [-0.2, -0.15) is 0 Å². The van der Waals surface area contributed by atoms with Crippen molar-refractivity contribution < 1.29 is 4.70 Å². The van der Waals surface area contributed by atoms with Crippen LogP contribution in [-0.4, -0.2) is 4.43 Å². The van der Waals surface area contributed by atoms with E-state index in [1.54, 1.807) is 0 Å². The van der Waals surface area contributed by atoms with E-state index in [0.717, 1.165) is 5.92 Å². The third kappa shape index (κ3) is 8.82. The summed E-state index contributed by atoms with van der Waals surface area (Å²) in [7, 11) is 0. The average molecular weight is 204 g/mol. The molecule has 0 aliphatic carbocycles. The lowest BCUT2D eigenvalue weighted by atomic mass is 10.3. The summed E-state index contributed by atoms with van der Waals surface area (Å²) in [5.41, 5.74) is 0. The first-order valence-corrected chi connectivity index (χ1v) is 3.36. The monoisotopic (exact) mass is 204 g/mol. The lowest BCUT2D eigenvalue weighted by Gasteiger charge is -1.88. The van der Waals surface area contributed by atoms with Gasteiger partial charge in [0.15, 0.2) is 0 Å². The summed E-state index contributed by atoms with van der Waals surface area (Å²) >= 11 is 2.38. The second-order valence-corrected chi connectivity index (χ2v) is 2.43. The van der Waals surface area contributed by atoms with Crippen molar-refractivity contribution in [2.75, 3.05) is 4.43 Å². The molecule has 0 atom stereocenters. The van der Waals surface area contributed by atoms with Crippen LogP contribution in [0.4, 0.5) is 4.70 Å². The summed E-state index contributed by atoms with van der Waals surface area (Å²) in [4.78, 5) is 0. The molecule has 0 heterocycles. The third-order valence-electron chi connectivity index (χ3n) is 0.309. The summed E-state index contributed by atoms with van der Waals surface area (Å²) in [5, 5.41) is 0. The molecule has 0 nitrogen and oxygen atoms in total. The molecule has 0 spiro atoms. The number of hydrogen-bond acceptors (Lipinski definition) is 0. The van der Waals surface area contributed by atoms with Gasteiger partial charge in [0.25, 0.3) is 0 Å². The van der Waals surface area contributed by atoms with Crippen molar-refractivity contribution in [1.29, 1.82) is 0 Å². The molecular weight excluding hydrogens is 194 g/mol. The van der Waals surface area contributed by atoms with E-state index in [1.165, 1.54) is 4.43 Å². The summed E-state index contributed by atoms with van der Waals surface area (Å²) in [6, 6.07) is 0. The Balaban J connectivity index is 0. The van der Waals surface area contributed by atoms with Crippen LogP contribution >= 0.6 is 22.6 Å². The van der Waals surface area contributed by atoms with E-state index < -0.39 is 0 Å². The zero-order valence-electron chi connectivity index (χ0n) is 4.07. The van der Waals surface area contributed by atoms with E-state index in [-0.39, 0.29) is 4.70 Å². The Bertz CT molecular complexity index is 21.5. The molecule has 0 aliphatic heterocycles. The van der Waals surface area contributed by atoms with E-state index in [1.807, 2.05) is 0 Å². The Hall–Kier alpha value is 0.660. The molecule has 2 heteroatoms. The van der Waals surface area contributed by atoms with Crippen molar-refractivity contribution >= 4 is 22.6 Å². The minimum atomic E-state index is 0. The molecule has 6 heavy (non-hydrogen) atoms. The first-order chi connectivity index (χ1) is 2.27. The van der Waals surface area contributed by atoms with Gasteiger partial charge in [-0.1, -0.05) is 36.4 Å². The van der Waals surface area contributed by atoms with Crippen LogP contribution in [0.25, 0.3) is 0 Å². The maximum atomic E-state index is 2.38. The highest BCUT2D eigenvalue weighted by molar-refractivity contribution is 14.1. The minimum Gasteiger partial charge on any atom is -0.269 e. The minimum absolute atomic E-state index is 0. The Morgan fingerprint density at radius 3 is 1.67 bits per heavy atom. The van der Waals surface area contributed by atoms with E-state index in [4.69, 9.17) is 0 Å². The summed E-state index contributed by atoms with van der Waals surface area (Å²) in [5.74, 6) is 0.871. The molecule has 0 N–H and O–H groups in total. The molecule has 0 amide bonds. The molecule has 0 bridgehead atoms. The normalized spacial score (nSPS) is 8.00. The molecule has 0 aromatic carbocycles. The van der Waals surface area contributed by atoms with Crippen LogP contribution in [-0.2, 0) is 0 Å². The highest BCUT2D eigenvalue weighted by atomic mass is 127. The second kappa shape index (κ2) is 5.66. The van der Waals surface area contributed by atoms with Crippen molar-refractivity contribution in [3.63, 3.8) is 0 Å². The third-order valence-corrected chi connectivity index (χ3v) is 2.07. The predicted molar refractivity (Wildman–Crippen MR) is 36.2 cm³/mol. The van der Waals surface area contributed by atoms with Gasteiger partial charge in [0, 0.05) is 4.43 Å². The molecule has 0 unspecified atom stereocenters. The number of rotatable bonds is 1. The highest BCUT2D eigenvalue weighted by Gasteiger charge is 1.81. The van der Waals surface area contributed by atoms with Gasteiger partial charge >= 0.3 is 0 Å². The maximum Gasteiger partial charge on any atom is 0.00184 e. The molecule has 0 saturated carbocycles. The molecular formula is C4H10FI. The zero-order valence-corrected chi connectivity index (χ0v) is 6.23. The number of hydrogen-bond donors (Lipinski definition) is 0. The van der Waals surface area contributed by atoms with Crippen LogP contribution in [0.5, 0.6) is 0 Å². The first-order valence-electron chi connectivity index (χ1n) is 1.83. The quantitative estimate of drug-likeness (QED) is 0.453. The van der Waals surface area contributed by atoms with Gasteiger partial charge in [0.2, 0.25) is 0 Å². The van der Waals surface area contributed by atoms with E-state index >= 15 is 0 Å². The average Bonchev–Trinajstić information content (AvgIpc) is 1.38. The van der Waals surface area contributed by atoms with Crippen LogP contribution in [0.2, 0.25) is 0 Å². The van der Waals surface area contributed by atoms with Gasteiger partial charge in [-0.25, -0.2) is 0 Å². The molecule has 0 aromatic rings. The Morgan fingerprint density at radius 2 is 1.67 bits per heavy atom. The van der Waals surface area contributed by atoms with E-state index in [0.29, 0.717) is 0 Å². The fraction of sp³-hybridized carbons (Fsp3) is 1.00. The smallest absolute Gasteiger partial charge is 0.00184 e. The van der Waals surface area contributed by atoms with Gasteiger partial charge in [0.1, 0.15) is 0 Å². The Kier molecular flexibility index (Phi) is 9.27. The van der Waals surface area contributed by atoms with Gasteiger partial charge in [0.05, 0.1) is 0 Å². The lowest BCUT2D eigenvalue weighted by Crippen LogP contribution is -1.82. The molecule has 0 saturated heterocycles. The van der Waals surface area contributed by atoms with Gasteiger partial charge in [-0.05, 0) is 5.92 Å². The maximum absolute atomic E-state index is 2.38. The molecule has 40 valence electrons. The SMILES string of the molecule is CC(C)CI.F. The summed E-state index contributed by atoms with van der Waals surface area (Å²) in [6.45, 7) is 4.43. The Morgan fingerprint density at radius 1 is 1.50 bits per heavy atom. The number of alkyl halides is 1. The van der Waals surface area contributed by atoms with Gasteiger partial charge < -0.3 is 0 Å². The van der Waals surface area contributed by atoms with Crippen LogP contribution in [0.1, 0.15) is 13.8 Å². The van der Waals surface area contributed by atoms with Crippen molar-refractivity contribution in [2.24, 2.45) is 5.92 Å². The molecule has 0 aliphatic rings. The van der Waals surface area contributed by atoms with Gasteiger partial charge in [-0.15, -0.1) is 0 Å². The second-order valence-electron chi connectivity index (χ2n) is 1.55. The van der Waals surface area contributed by atoms with Crippen molar-refractivity contribution in [3.8, 4) is 0 Å². The fourth-order valence-electron chi connectivity index (χ4n) is 0. The van der Waals surface area contributed by atoms with Crippen LogP contribution in [0, 0.1) is 5.92 Å². The zero-order chi connectivity index (χ0) is 4.28. The standard InChI is InChI=1S/C4H9I.FH/c1-4(2)3-5;/h4H,3H2,1-2H3;1H. The molecule has 0 rings (SSSR count). The molecule has 0 fully saturated rings. The van der Waals surface area contributed by atoms with Crippen LogP contribution in [0.3, 0.4) is 0 Å². The van der Waals surface area contributed by atoms with E-state index in [9.17, 15) is 0 Å². The fourth-order valence-corrected chi connectivity index (χ4v) is 0. The molecule has 0 radical (unpaired) electrons. The Labute approximate surface area is 51.8 Å². The van der Waals surface area contributed by atoms with Crippen LogP contribution in [0.15, 0.2) is 0 Å².